The molecule has 0 aliphatic rings. The predicted octanol–water partition coefficient (Wildman–Crippen LogP) is 2.13. The van der Waals surface area contributed by atoms with E-state index in [1.165, 1.54) is 12.4 Å². The topological polar surface area (TPSA) is 82.0 Å². The summed E-state index contributed by atoms with van der Waals surface area (Å²) in [6, 6.07) is 6.25. The van der Waals surface area contributed by atoms with Gasteiger partial charge >= 0.3 is 0 Å². The van der Waals surface area contributed by atoms with E-state index in [1.54, 1.807) is 24.3 Å². The lowest BCUT2D eigenvalue weighted by Crippen LogP contribution is -2.06. The first-order chi connectivity index (χ1) is 8.08. The van der Waals surface area contributed by atoms with Gasteiger partial charge in [-0.05, 0) is 24.3 Å². The maximum atomic E-state index is 12.1. The van der Waals surface area contributed by atoms with Crippen LogP contribution in [0.15, 0.2) is 36.7 Å². The first-order valence-electron chi connectivity index (χ1n) is 4.88. The number of benzene rings is 1. The third-order valence-corrected chi connectivity index (χ3v) is 2.50. The van der Waals surface area contributed by atoms with Crippen molar-refractivity contribution in [3.8, 4) is 0 Å². The number of carbonyl (C=O) groups is 1. The van der Waals surface area contributed by atoms with Crippen molar-refractivity contribution in [2.24, 2.45) is 0 Å². The summed E-state index contributed by atoms with van der Waals surface area (Å²) in [5, 5.41) is 0.413. The molecule has 86 valence electrons. The van der Waals surface area contributed by atoms with Crippen LogP contribution in [0.1, 0.15) is 15.9 Å². The first-order valence-corrected chi connectivity index (χ1v) is 5.26. The largest absolute Gasteiger partial charge is 0.399 e. The summed E-state index contributed by atoms with van der Waals surface area (Å²) in [5.41, 5.74) is 12.9. The summed E-state index contributed by atoms with van der Waals surface area (Å²) in [4.78, 5) is 16.0. The Labute approximate surface area is 103 Å². The zero-order valence-corrected chi connectivity index (χ0v) is 9.61. The summed E-state index contributed by atoms with van der Waals surface area (Å²) in [6.45, 7) is 0. The average Bonchev–Trinajstić information content (AvgIpc) is 2.27. The van der Waals surface area contributed by atoms with E-state index in [0.717, 1.165) is 0 Å². The van der Waals surface area contributed by atoms with Crippen LogP contribution in [0, 0.1) is 0 Å². The highest BCUT2D eigenvalue weighted by molar-refractivity contribution is 6.31. The van der Waals surface area contributed by atoms with Crippen molar-refractivity contribution < 1.29 is 4.79 Å². The summed E-state index contributed by atoms with van der Waals surface area (Å²) < 4.78 is 0. The maximum absolute atomic E-state index is 12.1. The Bertz CT molecular complexity index is 563. The number of hydrogen-bond donors (Lipinski definition) is 2. The fourth-order valence-electron chi connectivity index (χ4n) is 1.49. The number of pyridine rings is 1. The number of rotatable bonds is 2. The number of nitrogen functional groups attached to an aromatic ring is 2. The molecular weight excluding hydrogens is 238 g/mol. The monoisotopic (exact) mass is 247 g/mol. The third-order valence-electron chi connectivity index (χ3n) is 2.28. The molecule has 5 heteroatoms. The van der Waals surface area contributed by atoms with Crippen LogP contribution in [0.5, 0.6) is 0 Å². The first kappa shape index (κ1) is 11.4. The van der Waals surface area contributed by atoms with Gasteiger partial charge in [0.25, 0.3) is 0 Å². The van der Waals surface area contributed by atoms with Gasteiger partial charge in [-0.1, -0.05) is 11.6 Å². The van der Waals surface area contributed by atoms with Gasteiger partial charge in [-0.2, -0.15) is 0 Å². The number of nitrogens with two attached hydrogens (primary N) is 2. The molecular formula is C12H10ClN3O. The van der Waals surface area contributed by atoms with Crippen molar-refractivity contribution in [1.82, 2.24) is 4.98 Å². The number of nitrogens with zero attached hydrogens (tertiary/aromatic N) is 1. The molecule has 0 saturated heterocycles. The molecule has 1 heterocycles. The van der Waals surface area contributed by atoms with Crippen LogP contribution >= 0.6 is 11.6 Å². The number of halogens is 1. The minimum atomic E-state index is -0.246. The van der Waals surface area contributed by atoms with Crippen LogP contribution in [-0.2, 0) is 0 Å². The summed E-state index contributed by atoms with van der Waals surface area (Å²) in [6.07, 6.45) is 2.95. The molecule has 1 aromatic heterocycles. The van der Waals surface area contributed by atoms with Crippen LogP contribution in [0.2, 0.25) is 5.02 Å². The van der Waals surface area contributed by atoms with Gasteiger partial charge in [0.2, 0.25) is 0 Å². The van der Waals surface area contributed by atoms with Crippen molar-refractivity contribution in [2.75, 3.05) is 11.5 Å². The van der Waals surface area contributed by atoms with E-state index in [-0.39, 0.29) is 5.78 Å². The lowest BCUT2D eigenvalue weighted by Gasteiger charge is -2.05. The number of carbonyl (C=O) groups excluding carboxylic acids is 1. The Balaban J connectivity index is 2.48. The third kappa shape index (κ3) is 2.37. The quantitative estimate of drug-likeness (QED) is 0.629. The van der Waals surface area contributed by atoms with Gasteiger partial charge in [-0.15, -0.1) is 0 Å². The second kappa shape index (κ2) is 4.43. The zero-order valence-electron chi connectivity index (χ0n) is 8.85. The molecule has 2 rings (SSSR count). The highest BCUT2D eigenvalue weighted by Crippen LogP contribution is 2.21. The molecule has 4 N–H and O–H groups in total. The van der Waals surface area contributed by atoms with E-state index in [9.17, 15) is 4.79 Å². The van der Waals surface area contributed by atoms with Crippen LogP contribution in [0.3, 0.4) is 0 Å². The lowest BCUT2D eigenvalue weighted by molar-refractivity contribution is 0.103. The molecule has 0 radical (unpaired) electrons. The van der Waals surface area contributed by atoms with Crippen molar-refractivity contribution >= 4 is 28.8 Å². The highest BCUT2D eigenvalue weighted by atomic mass is 35.5. The molecule has 0 spiro atoms. The normalized spacial score (nSPS) is 10.2. The molecule has 0 fully saturated rings. The van der Waals surface area contributed by atoms with Crippen molar-refractivity contribution in [3.05, 3.63) is 52.8 Å². The molecule has 2 aromatic rings. The van der Waals surface area contributed by atoms with E-state index in [0.29, 0.717) is 27.5 Å². The SMILES string of the molecule is Nc1cc(Cl)cc(C(=O)c2cnccc2N)c1. The van der Waals surface area contributed by atoms with Gasteiger partial charge in [0.15, 0.2) is 5.78 Å². The predicted molar refractivity (Wildman–Crippen MR) is 67.9 cm³/mol. The van der Waals surface area contributed by atoms with Crippen LogP contribution in [0.25, 0.3) is 0 Å². The maximum Gasteiger partial charge on any atom is 0.196 e. The molecule has 0 aliphatic heterocycles. The number of aromatic nitrogens is 1. The standard InChI is InChI=1S/C12H10ClN3O/c13-8-3-7(4-9(14)5-8)12(17)10-6-16-2-1-11(10)15/h1-6H,14H2,(H2,15,16). The van der Waals surface area contributed by atoms with Gasteiger partial charge in [0.1, 0.15) is 0 Å². The highest BCUT2D eigenvalue weighted by Gasteiger charge is 2.13. The van der Waals surface area contributed by atoms with Gasteiger partial charge in [0.05, 0.1) is 5.56 Å². The Morgan fingerprint density at radius 2 is 2.00 bits per heavy atom. The second-order valence-corrected chi connectivity index (χ2v) is 4.00. The Kier molecular flexibility index (Phi) is 2.97. The summed E-state index contributed by atoms with van der Waals surface area (Å²) in [5.74, 6) is -0.246. The molecule has 0 atom stereocenters. The molecule has 0 unspecified atom stereocenters. The molecule has 17 heavy (non-hydrogen) atoms. The van der Waals surface area contributed by atoms with E-state index in [1.807, 2.05) is 0 Å². The molecule has 0 bridgehead atoms. The zero-order chi connectivity index (χ0) is 12.4. The van der Waals surface area contributed by atoms with Gasteiger partial charge in [-0.3, -0.25) is 9.78 Å². The lowest BCUT2D eigenvalue weighted by atomic mass is 10.0. The van der Waals surface area contributed by atoms with Gasteiger partial charge in [-0.25, -0.2) is 0 Å². The molecule has 1 aromatic carbocycles. The Morgan fingerprint density at radius 3 is 2.65 bits per heavy atom. The number of anilines is 2. The summed E-state index contributed by atoms with van der Waals surface area (Å²) >= 11 is 5.84. The van der Waals surface area contributed by atoms with Crippen LogP contribution < -0.4 is 11.5 Å². The minimum Gasteiger partial charge on any atom is -0.399 e. The van der Waals surface area contributed by atoms with Crippen molar-refractivity contribution in [1.29, 1.82) is 0 Å². The Morgan fingerprint density at radius 1 is 1.24 bits per heavy atom. The average molecular weight is 248 g/mol. The van der Waals surface area contributed by atoms with Gasteiger partial charge < -0.3 is 11.5 Å². The van der Waals surface area contributed by atoms with E-state index >= 15 is 0 Å². The number of hydrogen-bond acceptors (Lipinski definition) is 4. The second-order valence-electron chi connectivity index (χ2n) is 3.57. The fraction of sp³-hybridized carbons (Fsp3) is 0. The van der Waals surface area contributed by atoms with Gasteiger partial charge in [0, 0.05) is 34.4 Å². The molecule has 0 saturated carbocycles. The molecule has 0 aliphatic carbocycles. The van der Waals surface area contributed by atoms with E-state index in [4.69, 9.17) is 23.1 Å². The van der Waals surface area contributed by atoms with Crippen LogP contribution in [-0.4, -0.2) is 10.8 Å². The Hall–Kier alpha value is -2.07. The van der Waals surface area contributed by atoms with Crippen molar-refractivity contribution in [2.45, 2.75) is 0 Å². The van der Waals surface area contributed by atoms with E-state index < -0.39 is 0 Å². The summed E-state index contributed by atoms with van der Waals surface area (Å²) in [7, 11) is 0. The van der Waals surface area contributed by atoms with Crippen LogP contribution in [0.4, 0.5) is 11.4 Å². The smallest absolute Gasteiger partial charge is 0.196 e. The molecule has 4 nitrogen and oxygen atoms in total. The fourth-order valence-corrected chi connectivity index (χ4v) is 1.74. The molecule has 0 amide bonds. The minimum absolute atomic E-state index is 0.246. The van der Waals surface area contributed by atoms with E-state index in [2.05, 4.69) is 4.98 Å². The number of ketones is 1. The van der Waals surface area contributed by atoms with Crippen molar-refractivity contribution in [3.63, 3.8) is 0 Å².